The van der Waals surface area contributed by atoms with Crippen LogP contribution in [0.3, 0.4) is 0 Å². The zero-order valence-electron chi connectivity index (χ0n) is 6.38. The van der Waals surface area contributed by atoms with Crippen LogP contribution >= 0.6 is 11.6 Å². The lowest BCUT2D eigenvalue weighted by molar-refractivity contribution is 0.0508. The first kappa shape index (κ1) is 9.22. The first-order valence-corrected chi connectivity index (χ1v) is 3.54. The molecular formula is C7H7ClFNO2. The second-order valence-electron chi connectivity index (χ2n) is 1.99. The van der Waals surface area contributed by atoms with Crippen LogP contribution in [0.4, 0.5) is 4.39 Å². The molecule has 0 spiro atoms. The van der Waals surface area contributed by atoms with E-state index in [0.29, 0.717) is 5.75 Å². The number of rotatable bonds is 3. The van der Waals surface area contributed by atoms with Gasteiger partial charge in [0.25, 0.3) is 0 Å². The predicted octanol–water partition coefficient (Wildman–Crippen LogP) is 1.86. The molecule has 12 heavy (non-hydrogen) atoms. The van der Waals surface area contributed by atoms with E-state index >= 15 is 0 Å². The summed E-state index contributed by atoms with van der Waals surface area (Å²) in [6.45, 7) is 0.0625. The Labute approximate surface area is 74.1 Å². The summed E-state index contributed by atoms with van der Waals surface area (Å²) in [5, 5.41) is 0.180. The first-order valence-electron chi connectivity index (χ1n) is 3.17. The van der Waals surface area contributed by atoms with Crippen molar-refractivity contribution in [1.82, 2.24) is 4.98 Å². The van der Waals surface area contributed by atoms with Gasteiger partial charge in [0.1, 0.15) is 0 Å². The minimum atomic E-state index is -0.634. The van der Waals surface area contributed by atoms with Crippen molar-refractivity contribution in [3.63, 3.8) is 0 Å². The van der Waals surface area contributed by atoms with Crippen molar-refractivity contribution in [1.29, 1.82) is 0 Å². The number of halogens is 2. The number of nitrogens with zero attached hydrogens (tertiary/aromatic N) is 1. The third-order valence-electron chi connectivity index (χ3n) is 1.12. The summed E-state index contributed by atoms with van der Waals surface area (Å²) < 4.78 is 22.0. The lowest BCUT2D eigenvalue weighted by Crippen LogP contribution is -2.00. The van der Waals surface area contributed by atoms with Gasteiger partial charge in [-0.25, -0.2) is 4.98 Å². The summed E-state index contributed by atoms with van der Waals surface area (Å²) in [4.78, 5) is 3.36. The number of hydrogen-bond donors (Lipinski definition) is 0. The fourth-order valence-electron chi connectivity index (χ4n) is 0.624. The van der Waals surface area contributed by atoms with Gasteiger partial charge in [-0.3, -0.25) is 0 Å². The van der Waals surface area contributed by atoms with Crippen LogP contribution in [0.2, 0.25) is 5.02 Å². The number of hydrogen-bond acceptors (Lipinski definition) is 3. The van der Waals surface area contributed by atoms with Crippen LogP contribution in [0.25, 0.3) is 0 Å². The molecule has 1 rings (SSSR count). The van der Waals surface area contributed by atoms with Gasteiger partial charge in [-0.2, -0.15) is 4.39 Å². The minimum Gasteiger partial charge on any atom is -0.464 e. The average Bonchev–Trinajstić information content (AvgIpc) is 2.03. The van der Waals surface area contributed by atoms with E-state index in [0.717, 1.165) is 6.07 Å². The summed E-state index contributed by atoms with van der Waals surface area (Å²) in [5.74, 6) is -0.329. The van der Waals surface area contributed by atoms with Crippen LogP contribution in [0.5, 0.6) is 5.75 Å². The molecule has 0 saturated carbocycles. The van der Waals surface area contributed by atoms with E-state index < -0.39 is 5.95 Å². The smallest absolute Gasteiger partial charge is 0.214 e. The van der Waals surface area contributed by atoms with Crippen molar-refractivity contribution in [3.05, 3.63) is 23.2 Å². The molecule has 0 radical (unpaired) electrons. The molecule has 3 nitrogen and oxygen atoms in total. The van der Waals surface area contributed by atoms with Gasteiger partial charge < -0.3 is 9.47 Å². The molecule has 0 amide bonds. The Hall–Kier alpha value is -0.870. The Morgan fingerprint density at radius 1 is 1.67 bits per heavy atom. The van der Waals surface area contributed by atoms with Gasteiger partial charge in [-0.05, 0) is 0 Å². The van der Waals surface area contributed by atoms with E-state index in [4.69, 9.17) is 16.3 Å². The van der Waals surface area contributed by atoms with Crippen LogP contribution in [-0.2, 0) is 4.74 Å². The van der Waals surface area contributed by atoms with E-state index in [-0.39, 0.29) is 11.8 Å². The SMILES string of the molecule is COCOc1cnc(F)cc1Cl. The highest BCUT2D eigenvalue weighted by Gasteiger charge is 2.02. The molecule has 0 atom stereocenters. The lowest BCUT2D eigenvalue weighted by Gasteiger charge is -2.04. The largest absolute Gasteiger partial charge is 0.464 e. The Morgan fingerprint density at radius 3 is 3.00 bits per heavy atom. The van der Waals surface area contributed by atoms with Crippen LogP contribution in [0.15, 0.2) is 12.3 Å². The Balaban J connectivity index is 2.72. The Kier molecular flexibility index (Phi) is 3.25. The molecule has 0 fully saturated rings. The molecule has 0 aliphatic rings. The van der Waals surface area contributed by atoms with E-state index in [1.165, 1.54) is 13.3 Å². The molecule has 1 aromatic heterocycles. The number of aromatic nitrogens is 1. The first-order chi connectivity index (χ1) is 5.74. The topological polar surface area (TPSA) is 31.4 Å². The molecular weight excluding hydrogens is 185 g/mol. The number of methoxy groups -OCH3 is 1. The molecule has 1 heterocycles. The highest BCUT2D eigenvalue weighted by atomic mass is 35.5. The molecule has 0 saturated heterocycles. The molecule has 1 aromatic rings. The summed E-state index contributed by atoms with van der Waals surface area (Å²) >= 11 is 5.60. The van der Waals surface area contributed by atoms with Crippen LogP contribution in [0, 0.1) is 5.95 Å². The van der Waals surface area contributed by atoms with Gasteiger partial charge in [0, 0.05) is 13.2 Å². The highest BCUT2D eigenvalue weighted by Crippen LogP contribution is 2.22. The molecule has 0 aliphatic heterocycles. The quantitative estimate of drug-likeness (QED) is 0.540. The monoisotopic (exact) mass is 191 g/mol. The van der Waals surface area contributed by atoms with Crippen LogP contribution in [-0.4, -0.2) is 18.9 Å². The van der Waals surface area contributed by atoms with Gasteiger partial charge in [0.15, 0.2) is 12.5 Å². The summed E-state index contributed by atoms with van der Waals surface area (Å²) in [7, 11) is 1.48. The number of ether oxygens (including phenoxy) is 2. The standard InChI is InChI=1S/C7H7ClFNO2/c1-11-4-12-6-3-10-7(9)2-5(6)8/h2-3H,4H2,1H3. The van der Waals surface area contributed by atoms with E-state index in [2.05, 4.69) is 9.72 Å². The predicted molar refractivity (Wildman–Crippen MR) is 41.7 cm³/mol. The lowest BCUT2D eigenvalue weighted by atomic mass is 10.4. The maximum Gasteiger partial charge on any atom is 0.214 e. The molecule has 66 valence electrons. The third kappa shape index (κ3) is 2.32. The zero-order chi connectivity index (χ0) is 8.97. The maximum absolute atomic E-state index is 12.4. The Morgan fingerprint density at radius 2 is 2.42 bits per heavy atom. The fourth-order valence-corrected chi connectivity index (χ4v) is 0.817. The van der Waals surface area contributed by atoms with Gasteiger partial charge >= 0.3 is 0 Å². The summed E-state index contributed by atoms with van der Waals surface area (Å²) in [5.41, 5.74) is 0. The van der Waals surface area contributed by atoms with Crippen molar-refractivity contribution < 1.29 is 13.9 Å². The minimum absolute atomic E-state index is 0.0625. The fraction of sp³-hybridized carbons (Fsp3) is 0.286. The highest BCUT2D eigenvalue weighted by molar-refractivity contribution is 6.31. The second kappa shape index (κ2) is 4.23. The second-order valence-corrected chi connectivity index (χ2v) is 2.40. The van der Waals surface area contributed by atoms with Gasteiger partial charge in [-0.1, -0.05) is 11.6 Å². The van der Waals surface area contributed by atoms with Gasteiger partial charge in [-0.15, -0.1) is 0 Å². The molecule has 0 N–H and O–H groups in total. The number of pyridine rings is 1. The summed E-state index contributed by atoms with van der Waals surface area (Å²) in [6, 6.07) is 1.08. The third-order valence-corrected chi connectivity index (χ3v) is 1.41. The van der Waals surface area contributed by atoms with Crippen molar-refractivity contribution in [2.45, 2.75) is 0 Å². The molecule has 0 bridgehead atoms. The molecule has 0 unspecified atom stereocenters. The van der Waals surface area contributed by atoms with E-state index in [1.54, 1.807) is 0 Å². The molecule has 5 heteroatoms. The average molecular weight is 192 g/mol. The van der Waals surface area contributed by atoms with Crippen LogP contribution < -0.4 is 4.74 Å². The summed E-state index contributed by atoms with van der Waals surface area (Å²) in [6.07, 6.45) is 1.21. The maximum atomic E-state index is 12.4. The molecule has 0 aliphatic carbocycles. The van der Waals surface area contributed by atoms with Gasteiger partial charge in [0.2, 0.25) is 5.95 Å². The van der Waals surface area contributed by atoms with E-state index in [1.807, 2.05) is 0 Å². The van der Waals surface area contributed by atoms with Crippen molar-refractivity contribution >= 4 is 11.6 Å². The molecule has 0 aromatic carbocycles. The van der Waals surface area contributed by atoms with Crippen molar-refractivity contribution in [3.8, 4) is 5.75 Å². The van der Waals surface area contributed by atoms with Crippen LogP contribution in [0.1, 0.15) is 0 Å². The van der Waals surface area contributed by atoms with Crippen molar-refractivity contribution in [2.24, 2.45) is 0 Å². The normalized spacial score (nSPS) is 9.92. The zero-order valence-corrected chi connectivity index (χ0v) is 7.14. The Bertz CT molecular complexity index is 270. The van der Waals surface area contributed by atoms with E-state index in [9.17, 15) is 4.39 Å². The van der Waals surface area contributed by atoms with Gasteiger partial charge in [0.05, 0.1) is 11.2 Å². The van der Waals surface area contributed by atoms with Crippen molar-refractivity contribution in [2.75, 3.05) is 13.9 Å².